The standard InChI is InChI=1S/C30H29F2N3O6S.C30H29F2N3O5S.C27H25F2N3O3S/c1-30(2)11-13-33-23(14-30)35(34-12-10-21(36)27(26(34)28(33)37)40-16-41-29(38)39-3)25-17-8-9-20(31)24(32)19(17)15-42-22-7-5-4-6-18(22)25;1-17(36)39-16-40-28-22(37)10-12-34-27(28)29(38)33-13-11-30(2,3)14-24(33)35(34)26-18-8-9-21(31)25(32)20(18)15-41-23-7-5-4-6-19(23)26;1-27(2)10-12-30-21(13-27)32(31-11-9-19(33)25(34)24(31)26(30)35)23-15-7-8-18(28)22(29)17(15)14-36-20-6-4-3-5-16(20)23/h4-10,12,23,25H,11,13-16H2,1-3H3;4-10,12,24,26H,11,13-16H2,1-3H3;3-9,11,21,23,34H,10,12-14H2,1-2H3/t23-,25+;24-,26+;21-,23+/m111/s1. The molecule has 18 rings (SSSR count). The van der Waals surface area contributed by atoms with E-state index in [0.717, 1.165) is 75.9 Å². The number of thioether (sulfide) groups is 3. The number of ether oxygens (including phenoxy) is 5. The summed E-state index contributed by atoms with van der Waals surface area (Å²) in [5.74, 6) is -7.71. The van der Waals surface area contributed by atoms with Crippen LogP contribution in [0, 0.1) is 51.1 Å². The van der Waals surface area contributed by atoms with Crippen LogP contribution in [0.5, 0.6) is 17.2 Å². The molecule has 6 aromatic carbocycles. The Labute approximate surface area is 692 Å². The van der Waals surface area contributed by atoms with E-state index in [-0.39, 0.29) is 84.7 Å². The fourth-order valence-corrected chi connectivity index (χ4v) is 21.0. The minimum atomic E-state index is -1.01. The largest absolute Gasteiger partial charge is 0.510 e. The van der Waals surface area contributed by atoms with Crippen LogP contribution in [0.3, 0.4) is 0 Å². The van der Waals surface area contributed by atoms with Crippen LogP contribution in [0.1, 0.15) is 187 Å². The molecule has 0 aliphatic carbocycles. The van der Waals surface area contributed by atoms with Crippen LogP contribution in [0.25, 0.3) is 0 Å². The van der Waals surface area contributed by atoms with Gasteiger partial charge in [0.25, 0.3) is 17.7 Å². The van der Waals surface area contributed by atoms with Crippen molar-refractivity contribution in [3.63, 3.8) is 0 Å². The van der Waals surface area contributed by atoms with Crippen molar-refractivity contribution in [3.05, 3.63) is 279 Å². The second kappa shape index (κ2) is 31.8. The van der Waals surface area contributed by atoms with Crippen molar-refractivity contribution in [3.8, 4) is 17.2 Å². The van der Waals surface area contributed by atoms with E-state index in [1.807, 2.05) is 87.8 Å². The van der Waals surface area contributed by atoms with Gasteiger partial charge in [-0.15, -0.1) is 35.3 Å². The molecule has 0 saturated carbocycles. The van der Waals surface area contributed by atoms with Crippen LogP contribution >= 0.6 is 35.3 Å². The number of methoxy groups -OCH3 is 1. The van der Waals surface area contributed by atoms with Crippen molar-refractivity contribution in [1.29, 1.82) is 0 Å². The Balaban J connectivity index is 0.000000134. The molecule has 9 aromatic rings. The molecule has 3 aromatic heterocycles. The van der Waals surface area contributed by atoms with Crippen LogP contribution in [-0.2, 0) is 36.3 Å². The number of hydrogen-bond donors (Lipinski definition) is 1. The Morgan fingerprint density at radius 3 is 1.09 bits per heavy atom. The maximum atomic E-state index is 15.4. The van der Waals surface area contributed by atoms with Gasteiger partial charge in [0.2, 0.25) is 41.4 Å². The van der Waals surface area contributed by atoms with Gasteiger partial charge in [-0.25, -0.2) is 31.1 Å². The Kier molecular flexibility index (Phi) is 21.8. The fourth-order valence-electron chi connectivity index (χ4n) is 17.7. The molecule has 1 N–H and O–H groups in total. The van der Waals surface area contributed by atoms with Gasteiger partial charge in [-0.1, -0.05) is 114 Å². The van der Waals surface area contributed by atoms with Crippen molar-refractivity contribution in [1.82, 2.24) is 28.7 Å². The molecule has 6 atom stereocenters. The van der Waals surface area contributed by atoms with Crippen molar-refractivity contribution in [2.75, 3.05) is 55.4 Å². The summed E-state index contributed by atoms with van der Waals surface area (Å²) in [5.41, 5.74) is 2.80. The number of carbonyl (C=O) groups excluding carboxylic acids is 5. The molecular formula is C87H83F6N9O14S3. The maximum absolute atomic E-state index is 15.4. The predicted molar refractivity (Wildman–Crippen MR) is 431 cm³/mol. The molecule has 23 nitrogen and oxygen atoms in total. The minimum Gasteiger partial charge on any atom is -0.502 e. The van der Waals surface area contributed by atoms with E-state index in [0.29, 0.717) is 55.6 Å². The number of amides is 3. The predicted octanol–water partition coefficient (Wildman–Crippen LogP) is 14.9. The summed E-state index contributed by atoms with van der Waals surface area (Å²) < 4.78 is 120. The maximum Gasteiger partial charge on any atom is 0.510 e. The molecule has 3 fully saturated rings. The molecule has 9 aliphatic heterocycles. The lowest BCUT2D eigenvalue weighted by atomic mass is 9.79. The van der Waals surface area contributed by atoms with Crippen LogP contribution < -0.4 is 40.8 Å². The second-order valence-corrected chi connectivity index (χ2v) is 35.8. The van der Waals surface area contributed by atoms with Crippen molar-refractivity contribution in [2.24, 2.45) is 16.2 Å². The summed E-state index contributed by atoms with van der Waals surface area (Å²) in [6, 6.07) is 33.2. The van der Waals surface area contributed by atoms with Gasteiger partial charge < -0.3 is 43.5 Å². The van der Waals surface area contributed by atoms with Gasteiger partial charge in [-0.2, -0.15) is 0 Å². The highest BCUT2D eigenvalue weighted by atomic mass is 32.2. The zero-order valence-electron chi connectivity index (χ0n) is 66.0. The summed E-state index contributed by atoms with van der Waals surface area (Å²) in [5, 5.41) is 16.6. The lowest BCUT2D eigenvalue weighted by Gasteiger charge is -2.54. The van der Waals surface area contributed by atoms with Crippen molar-refractivity contribution < 1.29 is 79.1 Å². The van der Waals surface area contributed by atoms with Crippen LogP contribution in [0.4, 0.5) is 31.1 Å². The third kappa shape index (κ3) is 14.8. The van der Waals surface area contributed by atoms with Gasteiger partial charge in [0.1, 0.15) is 18.5 Å². The molecule has 0 unspecified atom stereocenters. The average molecular weight is 1690 g/mol. The summed E-state index contributed by atoms with van der Waals surface area (Å²) in [7, 11) is 1.14. The Hall–Kier alpha value is -11.3. The molecule has 620 valence electrons. The highest BCUT2D eigenvalue weighted by Crippen LogP contribution is 2.53. The molecule has 3 amide bonds. The molecule has 3 saturated heterocycles. The lowest BCUT2D eigenvalue weighted by molar-refractivity contribution is -0.147. The first kappa shape index (κ1) is 81.5. The zero-order chi connectivity index (χ0) is 84.2. The number of hydrogen-bond acceptors (Lipinski definition) is 20. The first-order valence-corrected chi connectivity index (χ1v) is 41.7. The Morgan fingerprint density at radius 2 is 0.748 bits per heavy atom. The molecule has 12 heterocycles. The smallest absolute Gasteiger partial charge is 0.502 e. The summed E-state index contributed by atoms with van der Waals surface area (Å²) >= 11 is 4.28. The van der Waals surface area contributed by atoms with Gasteiger partial charge in [0, 0.05) is 112 Å². The number of rotatable bonds is 9. The normalized spacial score (nSPS) is 21.1. The highest BCUT2D eigenvalue weighted by Gasteiger charge is 2.54. The Bertz CT molecular complexity index is 5850. The zero-order valence-corrected chi connectivity index (χ0v) is 68.4. The summed E-state index contributed by atoms with van der Waals surface area (Å²) in [6.07, 6.45) is 6.13. The van der Waals surface area contributed by atoms with E-state index in [2.05, 4.69) is 46.3 Å². The van der Waals surface area contributed by atoms with E-state index < -0.39 is 131 Å². The number of carbonyl (C=O) groups is 5. The second-order valence-electron chi connectivity index (χ2n) is 32.8. The van der Waals surface area contributed by atoms with Gasteiger partial charge in [-0.3, -0.25) is 62.6 Å². The summed E-state index contributed by atoms with van der Waals surface area (Å²) in [6.45, 7) is 14.1. The molecule has 119 heavy (non-hydrogen) atoms. The topological polar surface area (TPSA) is 237 Å². The average Bonchev–Trinajstić information content (AvgIpc) is 1.61. The number of benzene rings is 6. The molecular weight excluding hydrogens is 1610 g/mol. The molecule has 9 aliphatic rings. The molecule has 0 bridgehead atoms. The van der Waals surface area contributed by atoms with Crippen LogP contribution in [-0.4, -0.2) is 123 Å². The first-order chi connectivity index (χ1) is 56.9. The molecule has 0 radical (unpaired) electrons. The van der Waals surface area contributed by atoms with Crippen LogP contribution in [0.15, 0.2) is 175 Å². The van der Waals surface area contributed by atoms with Gasteiger partial charge in [-0.05, 0) is 125 Å². The van der Waals surface area contributed by atoms with Crippen molar-refractivity contribution >= 4 is 65.1 Å². The third-order valence-corrected chi connectivity index (χ3v) is 27.0. The molecule has 0 spiro atoms. The van der Waals surface area contributed by atoms with E-state index in [1.54, 1.807) is 46.9 Å². The third-order valence-electron chi connectivity index (χ3n) is 23.7. The highest BCUT2D eigenvalue weighted by molar-refractivity contribution is 7.99. The number of pyridine rings is 3. The van der Waals surface area contributed by atoms with Crippen molar-refractivity contribution in [2.45, 2.75) is 156 Å². The molecule has 32 heteroatoms. The number of aromatic nitrogens is 3. The number of nitrogens with zero attached hydrogens (tertiary/aromatic N) is 9. The number of aromatic hydroxyl groups is 1. The number of halogens is 6. The number of piperidine rings is 3. The minimum absolute atomic E-state index is 0.0147. The fraction of sp³-hybridized carbons (Fsp3) is 0.356. The quantitative estimate of drug-likeness (QED) is 0.0803. The number of esters is 1. The lowest BCUT2D eigenvalue weighted by Crippen LogP contribution is -2.65. The van der Waals surface area contributed by atoms with E-state index in [1.165, 1.54) is 79.0 Å². The van der Waals surface area contributed by atoms with E-state index in [9.17, 15) is 56.6 Å². The number of fused-ring (bicyclic) bond motifs is 12. The van der Waals surface area contributed by atoms with Crippen LogP contribution in [0.2, 0.25) is 0 Å². The van der Waals surface area contributed by atoms with Gasteiger partial charge in [0.15, 0.2) is 57.7 Å². The summed E-state index contributed by atoms with van der Waals surface area (Å²) in [4.78, 5) is 111. The van der Waals surface area contributed by atoms with Gasteiger partial charge >= 0.3 is 12.1 Å². The Morgan fingerprint density at radius 1 is 0.429 bits per heavy atom. The SMILES string of the molecule is CC(=O)OCOc1c2n(ccc1=O)N([C@@H]1c3ccccc3SCc3c1ccc(F)c3F)[C@@H]1CC(C)(C)CCN1C2=O.CC1(C)CCN2C(=O)c3c(O)c(=O)ccn3N([C@@H]3c4ccccc4SCc4c3ccc(F)c4F)[C@@H]2C1.COC(=O)OCOc1c2n(ccc1=O)N([C@@H]1c3ccccc3SCc3c1ccc(F)c3F)[C@@H]1CC(C)(C)CCN1C2=O. The van der Waals surface area contributed by atoms with E-state index >= 15 is 13.2 Å². The van der Waals surface area contributed by atoms with E-state index in [4.69, 9.17) is 18.9 Å². The van der Waals surface area contributed by atoms with Gasteiger partial charge in [0.05, 0.1) is 25.2 Å². The monoisotopic (exact) mass is 1690 g/mol. The first-order valence-electron chi connectivity index (χ1n) is 38.8.